The lowest BCUT2D eigenvalue weighted by molar-refractivity contribution is -0.117. The third-order valence-corrected chi connectivity index (χ3v) is 4.85. The molecule has 1 aromatic heterocycles. The molecule has 0 unspecified atom stereocenters. The molecule has 7 heteroatoms. The van der Waals surface area contributed by atoms with E-state index in [0.29, 0.717) is 6.41 Å². The van der Waals surface area contributed by atoms with Gasteiger partial charge in [-0.3, -0.25) is 19.3 Å². The van der Waals surface area contributed by atoms with E-state index in [1.807, 2.05) is 26.0 Å². The Hall–Kier alpha value is -2.38. The fraction of sp³-hybridized carbons (Fsp3) is 0.211. The van der Waals surface area contributed by atoms with Crippen molar-refractivity contribution in [3.05, 3.63) is 58.4 Å². The summed E-state index contributed by atoms with van der Waals surface area (Å²) in [5.74, 6) is -0.0925. The number of benzene rings is 1. The van der Waals surface area contributed by atoms with Gasteiger partial charge in [0.15, 0.2) is 0 Å². The van der Waals surface area contributed by atoms with Crippen molar-refractivity contribution in [3.63, 3.8) is 0 Å². The van der Waals surface area contributed by atoms with E-state index < -0.39 is 0 Å². The van der Waals surface area contributed by atoms with Crippen LogP contribution in [0.4, 0.5) is 5.69 Å². The summed E-state index contributed by atoms with van der Waals surface area (Å²) in [5.41, 5.74) is 2.64. The van der Waals surface area contributed by atoms with Crippen LogP contribution in [0.3, 0.4) is 0 Å². The summed E-state index contributed by atoms with van der Waals surface area (Å²) in [6, 6.07) is 11.4. The maximum absolute atomic E-state index is 10.6. The molecule has 2 rings (SSSR count). The summed E-state index contributed by atoms with van der Waals surface area (Å²) in [7, 11) is 0. The van der Waals surface area contributed by atoms with Crippen LogP contribution in [-0.4, -0.2) is 18.0 Å². The molecule has 0 spiro atoms. The molecule has 2 amide bonds. The van der Waals surface area contributed by atoms with E-state index in [2.05, 4.69) is 40.7 Å². The first-order valence-electron chi connectivity index (χ1n) is 7.83. The highest BCUT2D eigenvalue weighted by molar-refractivity contribution is 7.98. The zero-order valence-electron chi connectivity index (χ0n) is 15.3. The Kier molecular flexibility index (Phi) is 9.40. The summed E-state index contributed by atoms with van der Waals surface area (Å²) in [6.45, 7) is 11.2. The standard InChI is InChI=1S/C10H13NS.C9H10N2O2S/c1-7(2)11-9(4)10-6-5-8(3)12-10;1-7(13)11-14-9-4-2-8(3-5-9)10-6-12/h5-6H,1H2,2-4H3;2-6H,1H3,(H,10,12)(H,11,13). The van der Waals surface area contributed by atoms with Crippen LogP contribution in [0, 0.1) is 6.92 Å². The molecule has 138 valence electrons. The Labute approximate surface area is 162 Å². The number of rotatable bonds is 6. The van der Waals surface area contributed by atoms with Crippen molar-refractivity contribution in [2.24, 2.45) is 4.99 Å². The van der Waals surface area contributed by atoms with E-state index in [4.69, 9.17) is 0 Å². The van der Waals surface area contributed by atoms with Gasteiger partial charge < -0.3 is 5.32 Å². The predicted molar refractivity (Wildman–Crippen MR) is 112 cm³/mol. The highest BCUT2D eigenvalue weighted by Gasteiger charge is 1.99. The Bertz CT molecular complexity index is 780. The number of allylic oxidation sites excluding steroid dienone is 1. The fourth-order valence-electron chi connectivity index (χ4n) is 1.79. The van der Waals surface area contributed by atoms with Crippen molar-refractivity contribution in [2.75, 3.05) is 5.32 Å². The van der Waals surface area contributed by atoms with Crippen molar-refractivity contribution < 1.29 is 9.59 Å². The minimum Gasteiger partial charge on any atom is -0.329 e. The molecule has 26 heavy (non-hydrogen) atoms. The van der Waals surface area contributed by atoms with Gasteiger partial charge in [-0.15, -0.1) is 11.3 Å². The number of anilines is 1. The highest BCUT2D eigenvalue weighted by atomic mass is 32.2. The van der Waals surface area contributed by atoms with Gasteiger partial charge in [0.1, 0.15) is 0 Å². The lowest BCUT2D eigenvalue weighted by Crippen LogP contribution is -2.09. The summed E-state index contributed by atoms with van der Waals surface area (Å²) >= 11 is 3.01. The average Bonchev–Trinajstić information content (AvgIpc) is 3.01. The highest BCUT2D eigenvalue weighted by Crippen LogP contribution is 2.17. The van der Waals surface area contributed by atoms with Crippen LogP contribution in [0.5, 0.6) is 0 Å². The summed E-state index contributed by atoms with van der Waals surface area (Å²) in [4.78, 5) is 28.5. The molecule has 0 aliphatic carbocycles. The summed E-state index contributed by atoms with van der Waals surface area (Å²) in [5, 5.41) is 2.52. The Morgan fingerprint density at radius 1 is 1.15 bits per heavy atom. The normalized spacial score (nSPS) is 10.4. The van der Waals surface area contributed by atoms with E-state index in [0.717, 1.165) is 22.0 Å². The van der Waals surface area contributed by atoms with E-state index >= 15 is 0 Å². The number of carbonyl (C=O) groups is 2. The molecule has 1 heterocycles. The largest absolute Gasteiger partial charge is 0.329 e. The van der Waals surface area contributed by atoms with Crippen LogP contribution in [0.2, 0.25) is 0 Å². The van der Waals surface area contributed by atoms with Crippen LogP contribution < -0.4 is 10.0 Å². The first kappa shape index (κ1) is 21.7. The molecule has 0 saturated heterocycles. The number of thiophene rings is 1. The first-order chi connectivity index (χ1) is 12.3. The molecule has 5 nitrogen and oxygen atoms in total. The van der Waals surface area contributed by atoms with Crippen molar-refractivity contribution in [3.8, 4) is 0 Å². The monoisotopic (exact) mass is 389 g/mol. The lowest BCUT2D eigenvalue weighted by atomic mass is 10.3. The van der Waals surface area contributed by atoms with Gasteiger partial charge in [-0.1, -0.05) is 6.58 Å². The topological polar surface area (TPSA) is 70.6 Å². The maximum Gasteiger partial charge on any atom is 0.226 e. The van der Waals surface area contributed by atoms with Crippen molar-refractivity contribution in [2.45, 2.75) is 32.6 Å². The third-order valence-electron chi connectivity index (χ3n) is 2.85. The maximum atomic E-state index is 10.6. The third kappa shape index (κ3) is 8.64. The van der Waals surface area contributed by atoms with Gasteiger partial charge in [0.2, 0.25) is 12.3 Å². The molecular formula is C19H23N3O2S2. The molecule has 1 aromatic carbocycles. The fourth-order valence-corrected chi connectivity index (χ4v) is 3.13. The molecule has 0 atom stereocenters. The minimum absolute atomic E-state index is 0.0925. The Balaban J connectivity index is 0.000000263. The van der Waals surface area contributed by atoms with Crippen molar-refractivity contribution >= 4 is 47.0 Å². The first-order valence-corrected chi connectivity index (χ1v) is 9.46. The minimum atomic E-state index is -0.0925. The van der Waals surface area contributed by atoms with Crippen LogP contribution in [0.15, 0.2) is 58.6 Å². The lowest BCUT2D eigenvalue weighted by Gasteiger charge is -2.02. The van der Waals surface area contributed by atoms with E-state index in [1.54, 1.807) is 23.5 Å². The Morgan fingerprint density at radius 3 is 2.27 bits per heavy atom. The number of carbonyl (C=O) groups excluding carboxylic acids is 2. The van der Waals surface area contributed by atoms with Crippen molar-refractivity contribution in [1.82, 2.24) is 4.72 Å². The Morgan fingerprint density at radius 2 is 1.81 bits per heavy atom. The molecule has 0 saturated carbocycles. The van der Waals surface area contributed by atoms with Gasteiger partial charge in [-0.2, -0.15) is 0 Å². The molecule has 0 aliphatic rings. The van der Waals surface area contributed by atoms with Gasteiger partial charge in [0.05, 0.1) is 5.71 Å². The van der Waals surface area contributed by atoms with Gasteiger partial charge in [0.25, 0.3) is 0 Å². The van der Waals surface area contributed by atoms with Gasteiger partial charge in [0, 0.05) is 33.0 Å². The van der Waals surface area contributed by atoms with E-state index in [9.17, 15) is 9.59 Å². The number of aliphatic imine (C=N–C) groups is 1. The smallest absolute Gasteiger partial charge is 0.226 e. The number of aryl methyl sites for hydroxylation is 1. The molecule has 0 bridgehead atoms. The second-order valence-corrected chi connectivity index (χ2v) is 7.56. The number of nitrogens with one attached hydrogen (secondary N) is 2. The van der Waals surface area contributed by atoms with E-state index in [1.165, 1.54) is 28.6 Å². The molecular weight excluding hydrogens is 366 g/mol. The van der Waals surface area contributed by atoms with E-state index in [-0.39, 0.29) is 5.91 Å². The molecule has 0 fully saturated rings. The SMILES string of the molecule is C=C(C)N=C(C)c1ccc(C)s1.CC(=O)NSc1ccc(NC=O)cc1. The second kappa shape index (κ2) is 11.3. The summed E-state index contributed by atoms with van der Waals surface area (Å²) < 4.78 is 2.60. The second-order valence-electron chi connectivity index (χ2n) is 5.39. The van der Waals surface area contributed by atoms with Crippen LogP contribution in [0.1, 0.15) is 30.5 Å². The average molecular weight is 390 g/mol. The molecule has 2 aromatic rings. The zero-order valence-corrected chi connectivity index (χ0v) is 17.0. The number of amides is 2. The van der Waals surface area contributed by atoms with Gasteiger partial charge >= 0.3 is 0 Å². The van der Waals surface area contributed by atoms with Crippen LogP contribution in [0.25, 0.3) is 0 Å². The molecule has 0 radical (unpaired) electrons. The van der Waals surface area contributed by atoms with Gasteiger partial charge in [-0.05, 0) is 69.1 Å². The number of nitrogens with zero attached hydrogens (tertiary/aromatic N) is 1. The number of hydrogen-bond donors (Lipinski definition) is 2. The zero-order chi connectivity index (χ0) is 19.5. The quantitative estimate of drug-likeness (QED) is 0.424. The molecule has 2 N–H and O–H groups in total. The van der Waals surface area contributed by atoms with Crippen molar-refractivity contribution in [1.29, 1.82) is 0 Å². The van der Waals surface area contributed by atoms with Crippen LogP contribution in [-0.2, 0) is 9.59 Å². The molecule has 0 aliphatic heterocycles. The van der Waals surface area contributed by atoms with Gasteiger partial charge in [-0.25, -0.2) is 0 Å². The predicted octanol–water partition coefficient (Wildman–Crippen LogP) is 4.80. The summed E-state index contributed by atoms with van der Waals surface area (Å²) in [6.07, 6.45) is 0.621. The number of hydrogen-bond acceptors (Lipinski definition) is 5. The van der Waals surface area contributed by atoms with Crippen LogP contribution >= 0.6 is 23.3 Å².